The van der Waals surface area contributed by atoms with Gasteiger partial charge in [-0.05, 0) is 36.4 Å². The highest BCUT2D eigenvalue weighted by Gasteiger charge is 2.28. The first kappa shape index (κ1) is 15.3. The van der Waals surface area contributed by atoms with E-state index < -0.39 is 10.0 Å². The molecule has 1 heterocycles. The van der Waals surface area contributed by atoms with Crippen LogP contribution in [-0.2, 0) is 10.0 Å². The topological polar surface area (TPSA) is 40.6 Å². The van der Waals surface area contributed by atoms with Crippen molar-refractivity contribution in [2.24, 2.45) is 0 Å². The summed E-state index contributed by atoms with van der Waals surface area (Å²) in [5.74, 6) is 0. The van der Waals surface area contributed by atoms with E-state index in [4.69, 9.17) is 11.6 Å². The quantitative estimate of drug-likeness (QED) is 0.865. The average molecular weight is 337 g/mol. The van der Waals surface area contributed by atoms with Crippen LogP contribution >= 0.6 is 11.6 Å². The molecular formula is C16H17ClN2O2S. The average Bonchev–Trinajstić information content (AvgIpc) is 2.56. The molecule has 0 atom stereocenters. The maximum Gasteiger partial charge on any atom is 0.243 e. The van der Waals surface area contributed by atoms with Crippen LogP contribution in [0.2, 0.25) is 5.02 Å². The molecule has 1 saturated heterocycles. The molecule has 2 aromatic carbocycles. The predicted octanol–water partition coefficient (Wildman–Crippen LogP) is 2.85. The molecule has 6 heteroatoms. The number of halogens is 1. The van der Waals surface area contributed by atoms with Gasteiger partial charge in [-0.1, -0.05) is 29.8 Å². The summed E-state index contributed by atoms with van der Waals surface area (Å²) in [7, 11) is -3.44. The Kier molecular flexibility index (Phi) is 4.38. The first-order chi connectivity index (χ1) is 10.6. The Morgan fingerprint density at radius 1 is 0.818 bits per heavy atom. The van der Waals surface area contributed by atoms with Crippen LogP contribution < -0.4 is 4.90 Å². The van der Waals surface area contributed by atoms with Crippen LogP contribution in [0.1, 0.15) is 0 Å². The monoisotopic (exact) mass is 336 g/mol. The molecule has 0 amide bonds. The lowest BCUT2D eigenvalue weighted by atomic mass is 10.2. The van der Waals surface area contributed by atoms with E-state index >= 15 is 0 Å². The smallest absolute Gasteiger partial charge is 0.243 e. The zero-order valence-corrected chi connectivity index (χ0v) is 13.6. The summed E-state index contributed by atoms with van der Waals surface area (Å²) in [5.41, 5.74) is 1.13. The fourth-order valence-electron chi connectivity index (χ4n) is 2.58. The Hall–Kier alpha value is -1.56. The van der Waals surface area contributed by atoms with Crippen molar-refractivity contribution in [1.82, 2.24) is 4.31 Å². The van der Waals surface area contributed by atoms with Crippen LogP contribution in [0.4, 0.5) is 5.69 Å². The Bertz CT molecular complexity index is 725. The summed E-state index contributed by atoms with van der Waals surface area (Å²) >= 11 is 5.82. The van der Waals surface area contributed by atoms with Crippen LogP contribution in [0.25, 0.3) is 0 Å². The molecule has 2 aromatic rings. The number of sulfonamides is 1. The summed E-state index contributed by atoms with van der Waals surface area (Å²) in [4.78, 5) is 2.50. The second-order valence-electron chi connectivity index (χ2n) is 5.18. The molecule has 22 heavy (non-hydrogen) atoms. The van der Waals surface area contributed by atoms with Crippen molar-refractivity contribution in [1.29, 1.82) is 0 Å². The molecule has 0 saturated carbocycles. The Morgan fingerprint density at radius 2 is 1.41 bits per heavy atom. The molecule has 3 rings (SSSR count). The first-order valence-electron chi connectivity index (χ1n) is 7.13. The number of hydrogen-bond acceptors (Lipinski definition) is 3. The van der Waals surface area contributed by atoms with Crippen LogP contribution in [0, 0.1) is 0 Å². The summed E-state index contributed by atoms with van der Waals surface area (Å²) in [5, 5.41) is 0.535. The zero-order valence-electron chi connectivity index (χ0n) is 12.0. The Labute approximate surface area is 136 Å². The number of piperazine rings is 1. The summed E-state index contributed by atoms with van der Waals surface area (Å²) < 4.78 is 26.7. The van der Waals surface area contributed by atoms with Gasteiger partial charge in [-0.2, -0.15) is 4.31 Å². The molecule has 1 aliphatic rings. The van der Waals surface area contributed by atoms with Gasteiger partial charge in [-0.3, -0.25) is 0 Å². The molecule has 4 nitrogen and oxygen atoms in total. The lowest BCUT2D eigenvalue weighted by Gasteiger charge is -2.35. The number of hydrogen-bond donors (Lipinski definition) is 0. The van der Waals surface area contributed by atoms with Crippen LogP contribution in [0.3, 0.4) is 0 Å². The van der Waals surface area contributed by atoms with Crippen molar-refractivity contribution in [3.63, 3.8) is 0 Å². The molecule has 0 radical (unpaired) electrons. The standard InChI is InChI=1S/C16H17ClN2O2S/c17-14-6-8-16(9-7-14)22(20,21)19-12-10-18(11-13-19)15-4-2-1-3-5-15/h1-9H,10-13H2. The zero-order chi connectivity index (χ0) is 15.6. The molecule has 116 valence electrons. The van der Waals surface area contributed by atoms with Gasteiger partial charge in [0.2, 0.25) is 10.0 Å². The number of rotatable bonds is 3. The maximum atomic E-state index is 12.6. The lowest BCUT2D eigenvalue weighted by molar-refractivity contribution is 0.385. The van der Waals surface area contributed by atoms with Crippen LogP contribution in [0.15, 0.2) is 59.5 Å². The third kappa shape index (κ3) is 3.11. The van der Waals surface area contributed by atoms with Gasteiger partial charge in [-0.25, -0.2) is 8.42 Å². The number of para-hydroxylation sites is 1. The maximum absolute atomic E-state index is 12.6. The minimum Gasteiger partial charge on any atom is -0.369 e. The molecule has 0 spiro atoms. The third-order valence-electron chi connectivity index (χ3n) is 3.81. The third-order valence-corrected chi connectivity index (χ3v) is 5.98. The van der Waals surface area contributed by atoms with Gasteiger partial charge in [-0.15, -0.1) is 0 Å². The lowest BCUT2D eigenvalue weighted by Crippen LogP contribution is -2.48. The van der Waals surface area contributed by atoms with Crippen molar-refractivity contribution < 1.29 is 8.42 Å². The van der Waals surface area contributed by atoms with E-state index in [1.165, 1.54) is 4.31 Å². The number of nitrogens with zero attached hydrogens (tertiary/aromatic N) is 2. The molecule has 0 unspecified atom stereocenters. The highest BCUT2D eigenvalue weighted by atomic mass is 35.5. The predicted molar refractivity (Wildman–Crippen MR) is 88.9 cm³/mol. The van der Waals surface area contributed by atoms with Crippen LogP contribution in [0.5, 0.6) is 0 Å². The second kappa shape index (κ2) is 6.28. The van der Waals surface area contributed by atoms with E-state index in [1.807, 2.05) is 30.3 Å². The van der Waals surface area contributed by atoms with Gasteiger partial charge >= 0.3 is 0 Å². The molecular weight excluding hydrogens is 320 g/mol. The molecule has 0 N–H and O–H groups in total. The Balaban J connectivity index is 1.72. The summed E-state index contributed by atoms with van der Waals surface area (Å²) in [6, 6.07) is 16.4. The van der Waals surface area contributed by atoms with Crippen molar-refractivity contribution >= 4 is 27.3 Å². The second-order valence-corrected chi connectivity index (χ2v) is 7.55. The van der Waals surface area contributed by atoms with E-state index in [1.54, 1.807) is 24.3 Å². The fourth-order valence-corrected chi connectivity index (χ4v) is 4.13. The van der Waals surface area contributed by atoms with Gasteiger partial charge in [0.25, 0.3) is 0 Å². The van der Waals surface area contributed by atoms with Gasteiger partial charge < -0.3 is 4.90 Å². The van der Waals surface area contributed by atoms with Crippen molar-refractivity contribution in [3.05, 3.63) is 59.6 Å². The van der Waals surface area contributed by atoms with Crippen molar-refractivity contribution in [2.45, 2.75) is 4.90 Å². The fraction of sp³-hybridized carbons (Fsp3) is 0.250. The van der Waals surface area contributed by atoms with Crippen molar-refractivity contribution in [2.75, 3.05) is 31.1 Å². The highest BCUT2D eigenvalue weighted by molar-refractivity contribution is 7.89. The molecule has 1 fully saturated rings. The SMILES string of the molecule is O=S(=O)(c1ccc(Cl)cc1)N1CCN(c2ccccc2)CC1. The highest BCUT2D eigenvalue weighted by Crippen LogP contribution is 2.22. The van der Waals surface area contributed by atoms with Gasteiger partial charge in [0, 0.05) is 36.9 Å². The molecule has 0 aromatic heterocycles. The largest absolute Gasteiger partial charge is 0.369 e. The normalized spacial score (nSPS) is 16.7. The van der Waals surface area contributed by atoms with Gasteiger partial charge in [0.05, 0.1) is 4.90 Å². The summed E-state index contributed by atoms with van der Waals surface area (Å²) in [6.07, 6.45) is 0. The van der Waals surface area contributed by atoms with E-state index in [2.05, 4.69) is 4.90 Å². The van der Waals surface area contributed by atoms with E-state index in [0.717, 1.165) is 5.69 Å². The first-order valence-corrected chi connectivity index (χ1v) is 8.95. The van der Waals surface area contributed by atoms with Gasteiger partial charge in [0.1, 0.15) is 0 Å². The minimum atomic E-state index is -3.44. The van der Waals surface area contributed by atoms with E-state index in [9.17, 15) is 8.42 Å². The van der Waals surface area contributed by atoms with E-state index in [-0.39, 0.29) is 0 Å². The van der Waals surface area contributed by atoms with Crippen LogP contribution in [-0.4, -0.2) is 38.9 Å². The molecule has 0 aliphatic carbocycles. The van der Waals surface area contributed by atoms with E-state index in [0.29, 0.717) is 36.1 Å². The summed E-state index contributed by atoms with van der Waals surface area (Å²) in [6.45, 7) is 2.35. The number of benzene rings is 2. The van der Waals surface area contributed by atoms with Gasteiger partial charge in [0.15, 0.2) is 0 Å². The molecule has 1 aliphatic heterocycles. The Morgan fingerprint density at radius 3 is 2.00 bits per heavy atom. The minimum absolute atomic E-state index is 0.296. The number of anilines is 1. The van der Waals surface area contributed by atoms with Crippen molar-refractivity contribution in [3.8, 4) is 0 Å². The molecule has 0 bridgehead atoms.